The summed E-state index contributed by atoms with van der Waals surface area (Å²) >= 11 is 0. The Morgan fingerprint density at radius 1 is 1.55 bits per heavy atom. The fourth-order valence-corrected chi connectivity index (χ4v) is 0.687. The van der Waals surface area contributed by atoms with Crippen LogP contribution < -0.4 is 5.73 Å². The Hall–Kier alpha value is -1.23. The minimum absolute atomic E-state index is 0.364. The summed E-state index contributed by atoms with van der Waals surface area (Å²) in [6.45, 7) is 5.85. The van der Waals surface area contributed by atoms with Crippen LogP contribution in [0.4, 0.5) is 0 Å². The maximum Gasteiger partial charge on any atom is 0.101 e. The van der Waals surface area contributed by atoms with Gasteiger partial charge in [-0.3, -0.25) is 0 Å². The number of allylic oxidation sites excluding steroid dienone is 3. The van der Waals surface area contributed by atoms with E-state index in [0.29, 0.717) is 17.2 Å². The lowest BCUT2D eigenvalue weighted by molar-refractivity contribution is 0.826. The van der Waals surface area contributed by atoms with Crippen LogP contribution in [0.3, 0.4) is 0 Å². The summed E-state index contributed by atoms with van der Waals surface area (Å²) in [5, 5.41) is 8.64. The minimum Gasteiger partial charge on any atom is -0.398 e. The molecule has 0 saturated heterocycles. The first-order chi connectivity index (χ1) is 5.11. The Kier molecular flexibility index (Phi) is 4.05. The first-order valence-electron chi connectivity index (χ1n) is 3.66. The van der Waals surface area contributed by atoms with Gasteiger partial charge >= 0.3 is 0 Å². The van der Waals surface area contributed by atoms with Gasteiger partial charge in [-0.05, 0) is 12.8 Å². The van der Waals surface area contributed by atoms with Gasteiger partial charge in [-0.1, -0.05) is 26.0 Å². The highest BCUT2D eigenvalue weighted by atomic mass is 14.6. The second-order valence-electron chi connectivity index (χ2n) is 2.68. The largest absolute Gasteiger partial charge is 0.398 e. The van der Waals surface area contributed by atoms with Crippen LogP contribution in [0.5, 0.6) is 0 Å². The Bertz CT molecular complexity index is 216. The molecule has 0 aromatic heterocycles. The maximum absolute atomic E-state index is 8.64. The van der Waals surface area contributed by atoms with E-state index in [9.17, 15) is 0 Å². The highest BCUT2D eigenvalue weighted by Crippen LogP contribution is 2.06. The van der Waals surface area contributed by atoms with Gasteiger partial charge in [0.25, 0.3) is 0 Å². The smallest absolute Gasteiger partial charge is 0.101 e. The molecule has 0 fully saturated rings. The number of hydrogen-bond acceptors (Lipinski definition) is 2. The van der Waals surface area contributed by atoms with Crippen molar-refractivity contribution in [2.24, 2.45) is 11.7 Å². The van der Waals surface area contributed by atoms with Crippen molar-refractivity contribution in [2.45, 2.75) is 20.8 Å². The molecule has 0 aliphatic rings. The predicted molar refractivity (Wildman–Crippen MR) is 46.5 cm³/mol. The molecule has 2 heteroatoms. The number of rotatable bonds is 2. The fourth-order valence-electron chi connectivity index (χ4n) is 0.687. The summed E-state index contributed by atoms with van der Waals surface area (Å²) in [5.41, 5.74) is 6.67. The van der Waals surface area contributed by atoms with Crippen LogP contribution in [-0.4, -0.2) is 0 Å². The van der Waals surface area contributed by atoms with Crippen LogP contribution in [-0.2, 0) is 0 Å². The van der Waals surface area contributed by atoms with E-state index in [4.69, 9.17) is 11.0 Å². The summed E-state index contributed by atoms with van der Waals surface area (Å²) in [7, 11) is 0. The van der Waals surface area contributed by atoms with E-state index in [1.54, 1.807) is 6.08 Å². The molecule has 0 aromatic rings. The van der Waals surface area contributed by atoms with Gasteiger partial charge in [0.2, 0.25) is 0 Å². The summed E-state index contributed by atoms with van der Waals surface area (Å²) in [5.74, 6) is 0.364. The average Bonchev–Trinajstić information content (AvgIpc) is 1.98. The van der Waals surface area contributed by atoms with Crippen LogP contribution >= 0.6 is 0 Å². The van der Waals surface area contributed by atoms with E-state index in [1.807, 2.05) is 26.8 Å². The molecule has 0 saturated carbocycles. The monoisotopic (exact) mass is 150 g/mol. The summed E-state index contributed by atoms with van der Waals surface area (Å²) in [6.07, 6.45) is 3.59. The van der Waals surface area contributed by atoms with E-state index in [1.165, 1.54) is 0 Å². The van der Waals surface area contributed by atoms with Gasteiger partial charge in [-0.15, -0.1) is 0 Å². The predicted octanol–water partition coefficient (Wildman–Crippen LogP) is 1.95. The fraction of sp³-hybridized carbons (Fsp3) is 0.444. The van der Waals surface area contributed by atoms with Crippen molar-refractivity contribution >= 4 is 0 Å². The molecule has 0 rings (SSSR count). The number of nitrogens with two attached hydrogens (primary N) is 1. The summed E-state index contributed by atoms with van der Waals surface area (Å²) in [4.78, 5) is 0. The third-order valence-electron chi connectivity index (χ3n) is 1.24. The first-order valence-corrected chi connectivity index (χ1v) is 3.66. The van der Waals surface area contributed by atoms with Gasteiger partial charge in [-0.25, -0.2) is 0 Å². The van der Waals surface area contributed by atoms with Crippen molar-refractivity contribution in [1.82, 2.24) is 0 Å². The van der Waals surface area contributed by atoms with Gasteiger partial charge in [0.15, 0.2) is 0 Å². The number of nitrogens with zero attached hydrogens (tertiary/aromatic N) is 1. The molecular weight excluding hydrogens is 136 g/mol. The van der Waals surface area contributed by atoms with E-state index < -0.39 is 0 Å². The lowest BCUT2D eigenvalue weighted by Crippen LogP contribution is -2.00. The Morgan fingerprint density at radius 3 is 2.36 bits per heavy atom. The molecule has 60 valence electrons. The SMILES string of the molecule is C/C=C(N)\C(C#N)=C/C(C)C. The standard InChI is InChI=1S/C9H14N2/c1-4-9(11)8(6-10)5-7(2)3/h4-5,7H,11H2,1-3H3/b8-5-,9-4+. The Labute approximate surface area is 68.0 Å². The van der Waals surface area contributed by atoms with Crippen LogP contribution in [0, 0.1) is 17.2 Å². The molecule has 0 spiro atoms. The third kappa shape index (κ3) is 3.47. The Morgan fingerprint density at radius 2 is 2.09 bits per heavy atom. The van der Waals surface area contributed by atoms with Crippen LogP contribution in [0.15, 0.2) is 23.4 Å². The van der Waals surface area contributed by atoms with E-state index in [2.05, 4.69) is 6.07 Å². The summed E-state index contributed by atoms with van der Waals surface area (Å²) < 4.78 is 0. The van der Waals surface area contributed by atoms with Crippen molar-refractivity contribution in [1.29, 1.82) is 5.26 Å². The van der Waals surface area contributed by atoms with E-state index in [-0.39, 0.29) is 0 Å². The molecular formula is C9H14N2. The minimum atomic E-state index is 0.364. The van der Waals surface area contributed by atoms with Crippen LogP contribution in [0.1, 0.15) is 20.8 Å². The molecule has 0 unspecified atom stereocenters. The molecule has 0 amide bonds. The van der Waals surface area contributed by atoms with E-state index >= 15 is 0 Å². The molecule has 0 radical (unpaired) electrons. The normalized spacial score (nSPS) is 13.4. The van der Waals surface area contributed by atoms with Crippen molar-refractivity contribution < 1.29 is 0 Å². The molecule has 0 bridgehead atoms. The highest BCUT2D eigenvalue weighted by molar-refractivity contribution is 5.39. The van der Waals surface area contributed by atoms with Gasteiger partial charge in [0.1, 0.15) is 6.07 Å². The zero-order chi connectivity index (χ0) is 8.85. The lowest BCUT2D eigenvalue weighted by atomic mass is 10.1. The lowest BCUT2D eigenvalue weighted by Gasteiger charge is -1.99. The molecule has 0 aromatic carbocycles. The molecule has 0 atom stereocenters. The van der Waals surface area contributed by atoms with E-state index in [0.717, 1.165) is 0 Å². The zero-order valence-electron chi connectivity index (χ0n) is 7.26. The van der Waals surface area contributed by atoms with Crippen molar-refractivity contribution in [3.63, 3.8) is 0 Å². The van der Waals surface area contributed by atoms with Crippen LogP contribution in [0.2, 0.25) is 0 Å². The van der Waals surface area contributed by atoms with Gasteiger partial charge in [0.05, 0.1) is 5.57 Å². The molecule has 0 aliphatic heterocycles. The molecule has 0 aliphatic carbocycles. The van der Waals surface area contributed by atoms with Crippen LogP contribution in [0.25, 0.3) is 0 Å². The topological polar surface area (TPSA) is 49.8 Å². The molecule has 11 heavy (non-hydrogen) atoms. The van der Waals surface area contributed by atoms with Gasteiger partial charge < -0.3 is 5.73 Å². The second-order valence-corrected chi connectivity index (χ2v) is 2.68. The van der Waals surface area contributed by atoms with Crippen molar-refractivity contribution in [3.8, 4) is 6.07 Å². The quantitative estimate of drug-likeness (QED) is 0.483. The van der Waals surface area contributed by atoms with Crippen molar-refractivity contribution in [2.75, 3.05) is 0 Å². The number of hydrogen-bond donors (Lipinski definition) is 1. The van der Waals surface area contributed by atoms with Crippen molar-refractivity contribution in [3.05, 3.63) is 23.4 Å². The Balaban J connectivity index is 4.58. The highest BCUT2D eigenvalue weighted by Gasteiger charge is 1.98. The average molecular weight is 150 g/mol. The molecule has 0 heterocycles. The third-order valence-corrected chi connectivity index (χ3v) is 1.24. The first kappa shape index (κ1) is 9.77. The number of nitriles is 1. The van der Waals surface area contributed by atoms with Gasteiger partial charge in [0, 0.05) is 5.70 Å². The zero-order valence-corrected chi connectivity index (χ0v) is 7.26. The summed E-state index contributed by atoms with van der Waals surface area (Å²) in [6, 6.07) is 2.05. The second kappa shape index (κ2) is 4.56. The maximum atomic E-state index is 8.64. The van der Waals surface area contributed by atoms with Gasteiger partial charge in [-0.2, -0.15) is 5.26 Å². The molecule has 2 N–H and O–H groups in total. The molecule has 2 nitrogen and oxygen atoms in total.